The number of hydrogen-bond donors (Lipinski definition) is 0. The SMILES string of the molecule is CC(CCBr)CCn1ncc(N2CCCC2)cc1=O. The molecule has 0 aliphatic carbocycles. The Kier molecular flexibility index (Phi) is 5.43. The molecular weight excluding hydrogens is 306 g/mol. The van der Waals surface area contributed by atoms with Gasteiger partial charge in [-0.1, -0.05) is 22.9 Å². The van der Waals surface area contributed by atoms with Crippen molar-refractivity contribution in [3.63, 3.8) is 0 Å². The first-order chi connectivity index (χ1) is 9.20. The molecule has 106 valence electrons. The lowest BCUT2D eigenvalue weighted by atomic mass is 10.1. The van der Waals surface area contributed by atoms with Crippen LogP contribution in [0.25, 0.3) is 0 Å². The molecule has 4 nitrogen and oxygen atoms in total. The second kappa shape index (κ2) is 7.08. The number of aromatic nitrogens is 2. The monoisotopic (exact) mass is 327 g/mol. The summed E-state index contributed by atoms with van der Waals surface area (Å²) in [5.41, 5.74) is 1.00. The van der Waals surface area contributed by atoms with Gasteiger partial charge in [0.2, 0.25) is 0 Å². The molecule has 19 heavy (non-hydrogen) atoms. The van der Waals surface area contributed by atoms with Crippen molar-refractivity contribution in [2.45, 2.75) is 39.2 Å². The third-order valence-electron chi connectivity index (χ3n) is 3.76. The number of hydrogen-bond acceptors (Lipinski definition) is 3. The highest BCUT2D eigenvalue weighted by Gasteiger charge is 2.13. The number of nitrogens with zero attached hydrogens (tertiary/aromatic N) is 3. The summed E-state index contributed by atoms with van der Waals surface area (Å²) in [6.45, 7) is 5.03. The maximum absolute atomic E-state index is 12.0. The molecule has 0 amide bonds. The normalized spacial score (nSPS) is 16.8. The molecule has 1 fully saturated rings. The van der Waals surface area contributed by atoms with Crippen LogP contribution >= 0.6 is 15.9 Å². The molecule has 1 aromatic rings. The molecule has 5 heteroatoms. The minimum atomic E-state index is 0.0236. The summed E-state index contributed by atoms with van der Waals surface area (Å²) in [7, 11) is 0. The largest absolute Gasteiger partial charge is 0.370 e. The molecule has 0 bridgehead atoms. The average molecular weight is 328 g/mol. The Balaban J connectivity index is 1.97. The Bertz CT molecular complexity index is 454. The predicted octanol–water partition coefficient (Wildman–Crippen LogP) is 2.65. The number of rotatable bonds is 6. The van der Waals surface area contributed by atoms with Gasteiger partial charge in [0.25, 0.3) is 5.56 Å². The van der Waals surface area contributed by atoms with Gasteiger partial charge < -0.3 is 4.90 Å². The molecule has 1 aromatic heterocycles. The van der Waals surface area contributed by atoms with E-state index in [1.807, 2.05) is 6.20 Å². The average Bonchev–Trinajstić information content (AvgIpc) is 2.91. The van der Waals surface area contributed by atoms with Crippen molar-refractivity contribution >= 4 is 21.6 Å². The molecular formula is C14H22BrN3O. The van der Waals surface area contributed by atoms with Crippen LogP contribution in [0.4, 0.5) is 5.69 Å². The second-order valence-electron chi connectivity index (χ2n) is 5.34. The summed E-state index contributed by atoms with van der Waals surface area (Å²) in [6.07, 6.45) is 6.41. The van der Waals surface area contributed by atoms with E-state index in [1.54, 1.807) is 10.7 Å². The second-order valence-corrected chi connectivity index (χ2v) is 6.13. The smallest absolute Gasteiger partial charge is 0.268 e. The highest BCUT2D eigenvalue weighted by Crippen LogP contribution is 2.17. The molecule has 1 atom stereocenters. The van der Waals surface area contributed by atoms with Crippen LogP contribution in [0.5, 0.6) is 0 Å². The van der Waals surface area contributed by atoms with Crippen LogP contribution in [0.2, 0.25) is 0 Å². The molecule has 1 saturated heterocycles. The van der Waals surface area contributed by atoms with E-state index in [-0.39, 0.29) is 5.56 Å². The van der Waals surface area contributed by atoms with Crippen LogP contribution < -0.4 is 10.5 Å². The first kappa shape index (κ1) is 14.6. The van der Waals surface area contributed by atoms with Crippen LogP contribution in [0.1, 0.15) is 32.6 Å². The van der Waals surface area contributed by atoms with Crippen molar-refractivity contribution in [3.05, 3.63) is 22.6 Å². The van der Waals surface area contributed by atoms with E-state index in [2.05, 4.69) is 32.9 Å². The zero-order valence-corrected chi connectivity index (χ0v) is 13.1. The number of halogens is 1. The zero-order chi connectivity index (χ0) is 13.7. The lowest BCUT2D eigenvalue weighted by Crippen LogP contribution is -2.26. The van der Waals surface area contributed by atoms with E-state index in [0.29, 0.717) is 12.5 Å². The Morgan fingerprint density at radius 2 is 2.11 bits per heavy atom. The molecule has 1 aliphatic rings. The van der Waals surface area contributed by atoms with Gasteiger partial charge in [-0.3, -0.25) is 4.79 Å². The minimum Gasteiger partial charge on any atom is -0.370 e. The lowest BCUT2D eigenvalue weighted by Gasteiger charge is -2.17. The van der Waals surface area contributed by atoms with E-state index in [1.165, 1.54) is 12.8 Å². The Labute approximate surface area is 122 Å². The molecule has 0 saturated carbocycles. The summed E-state index contributed by atoms with van der Waals surface area (Å²) in [5, 5.41) is 5.32. The zero-order valence-electron chi connectivity index (χ0n) is 11.5. The topological polar surface area (TPSA) is 38.1 Å². The van der Waals surface area contributed by atoms with Crippen LogP contribution in [0.15, 0.2) is 17.1 Å². The fourth-order valence-electron chi connectivity index (χ4n) is 2.41. The number of aryl methyl sites for hydroxylation is 1. The van der Waals surface area contributed by atoms with Crippen LogP contribution in [0.3, 0.4) is 0 Å². The fraction of sp³-hybridized carbons (Fsp3) is 0.714. The summed E-state index contributed by atoms with van der Waals surface area (Å²) in [5.74, 6) is 0.617. The molecule has 1 aliphatic heterocycles. The molecule has 0 spiro atoms. The quantitative estimate of drug-likeness (QED) is 0.754. The van der Waals surface area contributed by atoms with Crippen LogP contribution in [-0.2, 0) is 6.54 Å². The van der Waals surface area contributed by atoms with E-state index < -0.39 is 0 Å². The molecule has 0 radical (unpaired) electrons. The molecule has 1 unspecified atom stereocenters. The fourth-order valence-corrected chi connectivity index (χ4v) is 3.20. The van der Waals surface area contributed by atoms with Gasteiger partial charge in [0.05, 0.1) is 11.9 Å². The molecule has 0 N–H and O–H groups in total. The highest BCUT2D eigenvalue weighted by atomic mass is 79.9. The highest BCUT2D eigenvalue weighted by molar-refractivity contribution is 9.09. The predicted molar refractivity (Wildman–Crippen MR) is 82.1 cm³/mol. The first-order valence-corrected chi connectivity index (χ1v) is 8.21. The van der Waals surface area contributed by atoms with Gasteiger partial charge in [-0.2, -0.15) is 5.10 Å². The lowest BCUT2D eigenvalue weighted by molar-refractivity contribution is 0.440. The van der Waals surface area contributed by atoms with Crippen molar-refractivity contribution in [2.24, 2.45) is 5.92 Å². The number of anilines is 1. The van der Waals surface area contributed by atoms with Crippen LogP contribution in [-0.4, -0.2) is 28.2 Å². The number of alkyl halides is 1. The van der Waals surface area contributed by atoms with Crippen molar-refractivity contribution in [1.29, 1.82) is 0 Å². The van der Waals surface area contributed by atoms with Crippen molar-refractivity contribution in [1.82, 2.24) is 9.78 Å². The molecule has 2 rings (SSSR count). The van der Waals surface area contributed by atoms with Crippen molar-refractivity contribution in [2.75, 3.05) is 23.3 Å². The minimum absolute atomic E-state index is 0.0236. The van der Waals surface area contributed by atoms with Crippen LogP contribution in [0, 0.1) is 5.92 Å². The third kappa shape index (κ3) is 4.06. The third-order valence-corrected chi connectivity index (χ3v) is 4.22. The summed E-state index contributed by atoms with van der Waals surface area (Å²) >= 11 is 3.45. The van der Waals surface area contributed by atoms with Gasteiger partial charge in [0, 0.05) is 31.0 Å². The van der Waals surface area contributed by atoms with Gasteiger partial charge in [-0.25, -0.2) is 4.68 Å². The van der Waals surface area contributed by atoms with E-state index in [4.69, 9.17) is 0 Å². The maximum atomic E-state index is 12.0. The Morgan fingerprint density at radius 1 is 1.37 bits per heavy atom. The Hall–Kier alpha value is -0.840. The van der Waals surface area contributed by atoms with E-state index in [0.717, 1.165) is 36.9 Å². The first-order valence-electron chi connectivity index (χ1n) is 7.09. The van der Waals surface area contributed by atoms with Gasteiger partial charge in [0.1, 0.15) is 0 Å². The summed E-state index contributed by atoms with van der Waals surface area (Å²) < 4.78 is 1.59. The van der Waals surface area contributed by atoms with Gasteiger partial charge in [-0.15, -0.1) is 0 Å². The molecule has 0 aromatic carbocycles. The van der Waals surface area contributed by atoms with E-state index in [9.17, 15) is 4.79 Å². The van der Waals surface area contributed by atoms with Gasteiger partial charge >= 0.3 is 0 Å². The maximum Gasteiger partial charge on any atom is 0.268 e. The summed E-state index contributed by atoms with van der Waals surface area (Å²) in [6, 6.07) is 1.73. The molecule has 2 heterocycles. The van der Waals surface area contributed by atoms with Crippen molar-refractivity contribution < 1.29 is 0 Å². The Morgan fingerprint density at radius 3 is 2.74 bits per heavy atom. The standard InChI is InChI=1S/C14H22BrN3O/c1-12(4-6-15)5-9-18-14(19)10-13(11-16-18)17-7-2-3-8-17/h10-12H,2-9H2,1H3. The summed E-state index contributed by atoms with van der Waals surface area (Å²) in [4.78, 5) is 14.3. The van der Waals surface area contributed by atoms with E-state index >= 15 is 0 Å². The van der Waals surface area contributed by atoms with Gasteiger partial charge in [-0.05, 0) is 31.6 Å². The van der Waals surface area contributed by atoms with Gasteiger partial charge in [0.15, 0.2) is 0 Å². The van der Waals surface area contributed by atoms with Crippen molar-refractivity contribution in [3.8, 4) is 0 Å².